The summed E-state index contributed by atoms with van der Waals surface area (Å²) in [4.78, 5) is 35.4. The monoisotopic (exact) mass is 595 g/mol. The first-order valence-corrected chi connectivity index (χ1v) is 15.3. The molecule has 1 unspecified atom stereocenters. The minimum Gasteiger partial charge on any atom is -0.507 e. The quantitative estimate of drug-likeness (QED) is 0.0839. The molecule has 1 amide bonds. The molecule has 0 aliphatic heterocycles. The van der Waals surface area contributed by atoms with Crippen LogP contribution in [0.2, 0.25) is 0 Å². The SMILES string of the molecule is CC1CC=C(c2cc(C(=O)NS(=O)(=O)c3ccc(NCCSc4ccccc4C=O)c([N+](=O)[O-])c3)ccc2O)CC1. The van der Waals surface area contributed by atoms with Gasteiger partial charge in [0.25, 0.3) is 21.6 Å². The Morgan fingerprint density at radius 3 is 2.66 bits per heavy atom. The van der Waals surface area contributed by atoms with Crippen LogP contribution in [0.3, 0.4) is 0 Å². The van der Waals surface area contributed by atoms with Gasteiger partial charge in [0.1, 0.15) is 11.4 Å². The average Bonchev–Trinajstić information content (AvgIpc) is 2.96. The van der Waals surface area contributed by atoms with Crippen molar-refractivity contribution in [2.45, 2.75) is 36.0 Å². The van der Waals surface area contributed by atoms with Crippen LogP contribution in [0, 0.1) is 16.0 Å². The number of phenols is 1. The Kier molecular flexibility index (Phi) is 9.46. The van der Waals surface area contributed by atoms with Crippen molar-refractivity contribution >= 4 is 50.9 Å². The lowest BCUT2D eigenvalue weighted by molar-refractivity contribution is -0.384. The van der Waals surface area contributed by atoms with E-state index in [0.29, 0.717) is 29.3 Å². The second kappa shape index (κ2) is 13.0. The summed E-state index contributed by atoms with van der Waals surface area (Å²) in [7, 11) is -4.45. The predicted octanol–water partition coefficient (Wildman–Crippen LogP) is 5.64. The summed E-state index contributed by atoms with van der Waals surface area (Å²) in [6, 6.07) is 14.5. The fourth-order valence-corrected chi connectivity index (χ4v) is 6.29. The van der Waals surface area contributed by atoms with Crippen LogP contribution in [0.5, 0.6) is 5.75 Å². The van der Waals surface area contributed by atoms with Gasteiger partial charge in [0.15, 0.2) is 6.29 Å². The minimum absolute atomic E-state index is 0.00438. The van der Waals surface area contributed by atoms with Crippen LogP contribution in [0.15, 0.2) is 76.5 Å². The molecule has 0 spiro atoms. The maximum atomic E-state index is 13.0. The Morgan fingerprint density at radius 1 is 1.17 bits per heavy atom. The number of amides is 1. The molecule has 41 heavy (non-hydrogen) atoms. The minimum atomic E-state index is -4.45. The number of sulfonamides is 1. The number of carbonyl (C=O) groups excluding carboxylic acids is 2. The van der Waals surface area contributed by atoms with Gasteiger partial charge in [-0.3, -0.25) is 19.7 Å². The summed E-state index contributed by atoms with van der Waals surface area (Å²) < 4.78 is 28.0. The van der Waals surface area contributed by atoms with Crippen molar-refractivity contribution in [3.8, 4) is 5.75 Å². The van der Waals surface area contributed by atoms with Crippen LogP contribution in [0.4, 0.5) is 11.4 Å². The van der Waals surface area contributed by atoms with E-state index in [1.54, 1.807) is 24.3 Å². The van der Waals surface area contributed by atoms with E-state index in [2.05, 4.69) is 12.2 Å². The summed E-state index contributed by atoms with van der Waals surface area (Å²) in [6.45, 7) is 2.44. The maximum absolute atomic E-state index is 13.0. The lowest BCUT2D eigenvalue weighted by Crippen LogP contribution is -2.30. The zero-order valence-electron chi connectivity index (χ0n) is 22.2. The van der Waals surface area contributed by atoms with Crippen molar-refractivity contribution in [2.24, 2.45) is 5.92 Å². The third-order valence-corrected chi connectivity index (χ3v) is 9.12. The summed E-state index contributed by atoms with van der Waals surface area (Å²) in [6.07, 6.45) is 5.28. The Balaban J connectivity index is 1.46. The van der Waals surface area contributed by atoms with Gasteiger partial charge < -0.3 is 10.4 Å². The molecule has 1 aliphatic rings. The van der Waals surface area contributed by atoms with Crippen molar-refractivity contribution in [1.82, 2.24) is 4.72 Å². The lowest BCUT2D eigenvalue weighted by atomic mass is 9.87. The highest BCUT2D eigenvalue weighted by Crippen LogP contribution is 2.35. The first kappa shape index (κ1) is 29.8. The molecule has 0 saturated carbocycles. The van der Waals surface area contributed by atoms with Crippen LogP contribution >= 0.6 is 11.8 Å². The molecule has 0 fully saturated rings. The normalized spacial score (nSPS) is 15.0. The number of nitrogens with zero attached hydrogens (tertiary/aromatic N) is 1. The fraction of sp³-hybridized carbons (Fsp3) is 0.241. The van der Waals surface area contributed by atoms with Crippen LogP contribution in [-0.4, -0.2) is 42.9 Å². The van der Waals surface area contributed by atoms with Gasteiger partial charge in [-0.15, -0.1) is 11.8 Å². The summed E-state index contributed by atoms with van der Waals surface area (Å²) >= 11 is 1.40. The molecule has 0 bridgehead atoms. The van der Waals surface area contributed by atoms with Crippen LogP contribution in [-0.2, 0) is 10.0 Å². The number of rotatable bonds is 11. The number of aldehydes is 1. The topological polar surface area (TPSA) is 156 Å². The molecule has 0 radical (unpaired) electrons. The molecule has 4 rings (SSSR count). The second-order valence-electron chi connectivity index (χ2n) is 9.64. The van der Waals surface area contributed by atoms with Gasteiger partial charge in [-0.05, 0) is 67.2 Å². The van der Waals surface area contributed by atoms with E-state index in [1.165, 1.54) is 42.1 Å². The molecule has 3 N–H and O–H groups in total. The molecule has 0 heterocycles. The van der Waals surface area contributed by atoms with Gasteiger partial charge in [0, 0.05) is 39.9 Å². The number of hydrogen-bond donors (Lipinski definition) is 3. The van der Waals surface area contributed by atoms with Crippen LogP contribution < -0.4 is 10.0 Å². The Bertz CT molecular complexity index is 1620. The van der Waals surface area contributed by atoms with E-state index in [0.717, 1.165) is 42.1 Å². The smallest absolute Gasteiger partial charge is 0.293 e. The molecular formula is C29H29N3O7S2. The van der Waals surface area contributed by atoms with Crippen molar-refractivity contribution in [1.29, 1.82) is 0 Å². The Morgan fingerprint density at radius 2 is 1.95 bits per heavy atom. The standard InChI is InChI=1S/C29H29N3O7S2/c1-19-6-8-20(9-7-19)24-16-21(10-13-27(24)34)29(35)31-41(38,39)23-11-12-25(26(17-23)32(36)37)30-14-15-40-28-5-3-2-4-22(28)18-33/h2-5,8,10-13,16-19,30,34H,6-7,9,14-15H2,1H3,(H,31,35). The summed E-state index contributed by atoms with van der Waals surface area (Å²) in [5.41, 5.74) is 1.59. The number of carbonyl (C=O) groups is 2. The van der Waals surface area contributed by atoms with Crippen molar-refractivity contribution in [2.75, 3.05) is 17.6 Å². The average molecular weight is 596 g/mol. The highest BCUT2D eigenvalue weighted by Gasteiger charge is 2.25. The molecule has 0 aromatic heterocycles. The fourth-order valence-electron chi connectivity index (χ4n) is 4.42. The largest absolute Gasteiger partial charge is 0.507 e. The van der Waals surface area contributed by atoms with Gasteiger partial charge in [0.2, 0.25) is 0 Å². The van der Waals surface area contributed by atoms with Crippen LogP contribution in [0.1, 0.15) is 52.5 Å². The molecule has 3 aromatic carbocycles. The van der Waals surface area contributed by atoms with Gasteiger partial charge in [0.05, 0.1) is 9.82 Å². The number of allylic oxidation sites excluding steroid dienone is 2. The number of nitrogens with one attached hydrogen (secondary N) is 2. The zero-order chi connectivity index (χ0) is 29.6. The first-order valence-electron chi connectivity index (χ1n) is 12.9. The number of hydrogen-bond acceptors (Lipinski definition) is 9. The number of aromatic hydroxyl groups is 1. The van der Waals surface area contributed by atoms with Gasteiger partial charge in [-0.25, -0.2) is 13.1 Å². The number of nitro benzene ring substituents is 1. The van der Waals surface area contributed by atoms with E-state index in [1.807, 2.05) is 10.8 Å². The van der Waals surface area contributed by atoms with E-state index >= 15 is 0 Å². The molecule has 1 aliphatic carbocycles. The van der Waals surface area contributed by atoms with Crippen molar-refractivity contribution in [3.63, 3.8) is 0 Å². The van der Waals surface area contributed by atoms with Gasteiger partial charge in [-0.2, -0.15) is 0 Å². The van der Waals surface area contributed by atoms with Crippen molar-refractivity contribution in [3.05, 3.63) is 93.5 Å². The molecule has 10 nitrogen and oxygen atoms in total. The van der Waals surface area contributed by atoms with Gasteiger partial charge >= 0.3 is 0 Å². The Hall–Kier alpha value is -4.16. The first-order chi connectivity index (χ1) is 19.6. The second-order valence-corrected chi connectivity index (χ2v) is 12.5. The number of phenolic OH excluding ortho intramolecular Hbond substituents is 1. The summed E-state index contributed by atoms with van der Waals surface area (Å²) in [5.74, 6) is 0.0830. The number of thioether (sulfide) groups is 1. The molecule has 1 atom stereocenters. The molecule has 0 saturated heterocycles. The molecular weight excluding hydrogens is 566 g/mol. The van der Waals surface area contributed by atoms with Crippen LogP contribution in [0.25, 0.3) is 5.57 Å². The van der Waals surface area contributed by atoms with E-state index in [4.69, 9.17) is 0 Å². The molecule has 3 aromatic rings. The van der Waals surface area contributed by atoms with E-state index in [-0.39, 0.29) is 17.0 Å². The predicted molar refractivity (Wildman–Crippen MR) is 158 cm³/mol. The van der Waals surface area contributed by atoms with E-state index in [9.17, 15) is 33.2 Å². The van der Waals surface area contributed by atoms with Gasteiger partial charge in [-0.1, -0.05) is 31.2 Å². The number of anilines is 1. The van der Waals surface area contributed by atoms with Crippen molar-refractivity contribution < 1.29 is 28.0 Å². The zero-order valence-corrected chi connectivity index (χ0v) is 23.8. The maximum Gasteiger partial charge on any atom is 0.293 e. The number of benzene rings is 3. The summed E-state index contributed by atoms with van der Waals surface area (Å²) in [5, 5.41) is 25.0. The van der Waals surface area contributed by atoms with E-state index < -0.39 is 31.4 Å². The highest BCUT2D eigenvalue weighted by molar-refractivity contribution is 7.99. The third kappa shape index (κ3) is 7.33. The Labute approximate surface area is 242 Å². The lowest BCUT2D eigenvalue weighted by Gasteiger charge is -2.19. The highest BCUT2D eigenvalue weighted by atomic mass is 32.2. The number of nitro groups is 1. The molecule has 214 valence electrons. The molecule has 12 heteroatoms. The third-order valence-electron chi connectivity index (χ3n) is 6.70.